The summed E-state index contributed by atoms with van der Waals surface area (Å²) in [4.78, 5) is 41.1. The number of amides is 1. The third-order valence-electron chi connectivity index (χ3n) is 10.5. The predicted molar refractivity (Wildman–Crippen MR) is 241 cm³/mol. The van der Waals surface area contributed by atoms with Crippen LogP contribution in [0.5, 0.6) is 0 Å². The lowest BCUT2D eigenvalue weighted by Crippen LogP contribution is -2.48. The van der Waals surface area contributed by atoms with Gasteiger partial charge in [-0.15, -0.1) is 12.4 Å². The van der Waals surface area contributed by atoms with Gasteiger partial charge in [0.2, 0.25) is 0 Å². The molecule has 2 fully saturated rings. The van der Waals surface area contributed by atoms with E-state index in [0.29, 0.717) is 36.1 Å². The second-order valence-electron chi connectivity index (χ2n) is 14.7. The van der Waals surface area contributed by atoms with E-state index in [-0.39, 0.29) is 38.7 Å². The summed E-state index contributed by atoms with van der Waals surface area (Å²) in [6.07, 6.45) is 0. The van der Waals surface area contributed by atoms with Crippen molar-refractivity contribution in [1.29, 1.82) is 10.5 Å². The van der Waals surface area contributed by atoms with Crippen LogP contribution >= 0.6 is 12.4 Å². The first-order valence-electron chi connectivity index (χ1n) is 18.9. The number of carbonyl (C=O) groups is 2. The van der Waals surface area contributed by atoms with Gasteiger partial charge in [-0.05, 0) is 112 Å². The molecule has 0 saturated carbocycles. The fourth-order valence-electron chi connectivity index (χ4n) is 6.99. The maximum atomic E-state index is 12.9. The van der Waals surface area contributed by atoms with Crippen LogP contribution in [0.4, 0.5) is 0 Å². The maximum Gasteiger partial charge on any atom is 0.335 e. The number of aromatic amines is 2. The van der Waals surface area contributed by atoms with Crippen LogP contribution in [0.1, 0.15) is 104 Å². The molecule has 12 heteroatoms. The van der Waals surface area contributed by atoms with E-state index in [1.54, 1.807) is 12.1 Å². The minimum atomic E-state index is -0.920. The van der Waals surface area contributed by atoms with Crippen LogP contribution < -0.4 is 5.32 Å². The Morgan fingerprint density at radius 2 is 1.07 bits per heavy atom. The fraction of sp³-hybridized carbons (Fsp3) is 0.292. The molecular formula is C48H55ClN8O3. The summed E-state index contributed by atoms with van der Waals surface area (Å²) < 4.78 is 0. The number of imidazole rings is 2. The number of carboxylic acids is 1. The monoisotopic (exact) mass is 826 g/mol. The summed E-state index contributed by atoms with van der Waals surface area (Å²) >= 11 is 0. The van der Waals surface area contributed by atoms with Crippen molar-refractivity contribution in [3.05, 3.63) is 152 Å². The molecule has 4 heterocycles. The van der Waals surface area contributed by atoms with Crippen molar-refractivity contribution in [2.75, 3.05) is 26.2 Å². The number of benzene rings is 4. The van der Waals surface area contributed by atoms with Gasteiger partial charge in [0.25, 0.3) is 5.91 Å². The quantitative estimate of drug-likeness (QED) is 0.128. The number of likely N-dealkylation sites (tertiary alicyclic amines) is 1. The van der Waals surface area contributed by atoms with E-state index < -0.39 is 5.97 Å². The Hall–Kier alpha value is -6.53. The number of carboxylic acid groups (broad SMARTS) is 1. The van der Waals surface area contributed by atoms with Crippen LogP contribution in [0.15, 0.2) is 84.9 Å². The Bertz CT molecular complexity index is 2500. The van der Waals surface area contributed by atoms with Gasteiger partial charge < -0.3 is 25.3 Å². The van der Waals surface area contributed by atoms with Crippen molar-refractivity contribution in [3.8, 4) is 34.7 Å². The molecule has 0 atom stereocenters. The number of aromatic carboxylic acids is 1. The van der Waals surface area contributed by atoms with Crippen molar-refractivity contribution >= 4 is 24.3 Å². The predicted octanol–water partition coefficient (Wildman–Crippen LogP) is 9.75. The molecule has 11 nitrogen and oxygen atoms in total. The summed E-state index contributed by atoms with van der Waals surface area (Å²) in [5, 5.41) is 29.7. The van der Waals surface area contributed by atoms with Gasteiger partial charge >= 0.3 is 5.97 Å². The third-order valence-corrected chi connectivity index (χ3v) is 10.5. The summed E-state index contributed by atoms with van der Waals surface area (Å²) in [5.41, 5.74) is 12.6. The molecule has 2 saturated heterocycles. The van der Waals surface area contributed by atoms with Crippen molar-refractivity contribution in [3.63, 3.8) is 0 Å². The molecule has 60 heavy (non-hydrogen) atoms. The van der Waals surface area contributed by atoms with Gasteiger partial charge in [0.05, 0.1) is 40.2 Å². The standard InChI is InChI=1S/C23H22N4O.C13H14N2O2.C10H10N2.2CH4.ClH/c1-14-4-7-19(10-21(14)22-15(2)25-16(3)26-22)23(28)27-12-20(13-27)18-8-5-17(11-24)6-9-18;1-7-4-5-10(13(16)17)6-11(7)12-8(2)14-9(3)15-12;11-5-8-1-3-9(4-2-8)10-6-12-7-10;;;/h4-10,20H,12-13H2,1-3H3,(H,25,26);4-6H,1-3H3,(H,14,15)(H,16,17);1-4,10,12H,6-7H2;2*1H4;1H. The van der Waals surface area contributed by atoms with Gasteiger partial charge in [-0.1, -0.05) is 51.3 Å². The Kier molecular flexibility index (Phi) is 16.7. The zero-order valence-electron chi connectivity index (χ0n) is 33.5. The van der Waals surface area contributed by atoms with Crippen LogP contribution in [0.3, 0.4) is 0 Å². The van der Waals surface area contributed by atoms with Crippen LogP contribution in [0.2, 0.25) is 0 Å². The van der Waals surface area contributed by atoms with E-state index >= 15 is 0 Å². The van der Waals surface area contributed by atoms with Gasteiger partial charge in [-0.25, -0.2) is 14.8 Å². The highest BCUT2D eigenvalue weighted by molar-refractivity contribution is 5.96. The number of rotatable bonds is 6. The van der Waals surface area contributed by atoms with Crippen molar-refractivity contribution in [2.24, 2.45) is 0 Å². The van der Waals surface area contributed by atoms with Crippen LogP contribution in [-0.4, -0.2) is 68.0 Å². The number of nitriles is 2. The number of halogens is 1. The Balaban J connectivity index is 0.000000257. The fourth-order valence-corrected chi connectivity index (χ4v) is 6.99. The van der Waals surface area contributed by atoms with Crippen LogP contribution in [0, 0.1) is 64.2 Å². The number of nitrogens with zero attached hydrogens (tertiary/aromatic N) is 5. The van der Waals surface area contributed by atoms with Gasteiger partial charge in [-0.3, -0.25) is 4.79 Å². The lowest BCUT2D eigenvalue weighted by Gasteiger charge is -2.39. The van der Waals surface area contributed by atoms with Crippen LogP contribution in [-0.2, 0) is 0 Å². The summed E-state index contributed by atoms with van der Waals surface area (Å²) in [5.74, 6) is 1.83. The second-order valence-corrected chi connectivity index (χ2v) is 14.7. The molecule has 0 aliphatic carbocycles. The molecule has 0 spiro atoms. The molecular weight excluding hydrogens is 772 g/mol. The highest BCUT2D eigenvalue weighted by atomic mass is 35.5. The van der Waals surface area contributed by atoms with E-state index in [4.69, 9.17) is 15.6 Å². The number of H-pyrrole nitrogens is 2. The van der Waals surface area contributed by atoms with E-state index in [9.17, 15) is 9.59 Å². The topological polar surface area (TPSA) is 175 Å². The summed E-state index contributed by atoms with van der Waals surface area (Å²) in [6, 6.07) is 30.7. The minimum Gasteiger partial charge on any atom is -0.478 e. The largest absolute Gasteiger partial charge is 0.478 e. The summed E-state index contributed by atoms with van der Waals surface area (Å²) in [6.45, 7) is 15.3. The van der Waals surface area contributed by atoms with E-state index in [0.717, 1.165) is 75.3 Å². The molecule has 1 amide bonds. The molecule has 4 aromatic carbocycles. The SMILES string of the molecule is C.C.Cc1nc(-c2cc(C(=O)N3CC(c4ccc(C#N)cc4)C3)ccc2C)c(C)[nH]1.Cc1nc(-c2cc(C(=O)O)ccc2C)c(C)[nH]1.Cl.N#Cc1ccc(C2CNC2)cc1. The Morgan fingerprint density at radius 3 is 1.43 bits per heavy atom. The lowest BCUT2D eigenvalue weighted by molar-refractivity contribution is 0.0601. The number of hydrogen-bond acceptors (Lipinski definition) is 7. The molecule has 312 valence electrons. The van der Waals surface area contributed by atoms with Gasteiger partial charge in [0, 0.05) is 66.1 Å². The van der Waals surface area contributed by atoms with E-state index in [1.807, 2.05) is 119 Å². The molecule has 0 bridgehead atoms. The smallest absolute Gasteiger partial charge is 0.335 e. The highest BCUT2D eigenvalue weighted by Gasteiger charge is 2.32. The molecule has 2 aromatic heterocycles. The Morgan fingerprint density at radius 1 is 0.650 bits per heavy atom. The van der Waals surface area contributed by atoms with Crippen LogP contribution in [0.25, 0.3) is 22.5 Å². The molecule has 6 aromatic rings. The molecule has 0 unspecified atom stereocenters. The highest BCUT2D eigenvalue weighted by Crippen LogP contribution is 2.31. The van der Waals surface area contributed by atoms with E-state index in [1.165, 1.54) is 11.1 Å². The normalized spacial score (nSPS) is 12.8. The molecule has 2 aliphatic rings. The molecule has 8 rings (SSSR count). The zero-order valence-corrected chi connectivity index (χ0v) is 34.3. The van der Waals surface area contributed by atoms with E-state index in [2.05, 4.69) is 37.4 Å². The van der Waals surface area contributed by atoms with Gasteiger partial charge in [-0.2, -0.15) is 10.5 Å². The Labute approximate surface area is 360 Å². The molecule has 2 aliphatic heterocycles. The van der Waals surface area contributed by atoms with Crippen molar-refractivity contribution in [1.82, 2.24) is 30.2 Å². The second kappa shape index (κ2) is 20.9. The number of aromatic nitrogens is 4. The average molecular weight is 827 g/mol. The van der Waals surface area contributed by atoms with Crippen molar-refractivity contribution in [2.45, 2.75) is 68.2 Å². The maximum absolute atomic E-state index is 12.9. The first-order valence-corrected chi connectivity index (χ1v) is 18.9. The van der Waals surface area contributed by atoms with Gasteiger partial charge in [0.1, 0.15) is 11.6 Å². The van der Waals surface area contributed by atoms with Crippen molar-refractivity contribution < 1.29 is 14.7 Å². The zero-order chi connectivity index (χ0) is 40.8. The minimum absolute atomic E-state index is 0. The van der Waals surface area contributed by atoms with Gasteiger partial charge in [0.15, 0.2) is 0 Å². The first kappa shape index (κ1) is 47.8. The third kappa shape index (κ3) is 10.9. The summed E-state index contributed by atoms with van der Waals surface area (Å²) in [7, 11) is 0. The lowest BCUT2D eigenvalue weighted by atomic mass is 9.90. The molecule has 0 radical (unpaired) electrons. The molecule has 4 N–H and O–H groups in total. The number of carbonyl (C=O) groups excluding carboxylic acids is 1. The number of hydrogen-bond donors (Lipinski definition) is 4. The number of aryl methyl sites for hydroxylation is 6. The average Bonchev–Trinajstić information content (AvgIpc) is 3.69. The first-order chi connectivity index (χ1) is 27.3. The number of nitrogens with one attached hydrogen (secondary N) is 3.